The highest BCUT2D eigenvalue weighted by Crippen LogP contribution is 2.43. The van der Waals surface area contributed by atoms with Gasteiger partial charge in [-0.15, -0.1) is 5.11 Å². The molecular formula is C27H22N4O4. The van der Waals surface area contributed by atoms with Crippen molar-refractivity contribution in [2.24, 2.45) is 22.1 Å². The van der Waals surface area contributed by atoms with Crippen LogP contribution in [-0.2, 0) is 9.59 Å². The maximum absolute atomic E-state index is 13.8. The lowest BCUT2D eigenvalue weighted by Crippen LogP contribution is -2.36. The van der Waals surface area contributed by atoms with Crippen LogP contribution >= 0.6 is 0 Å². The van der Waals surface area contributed by atoms with E-state index in [2.05, 4.69) is 15.2 Å². The number of nitrogens with zero attached hydrogens (tertiary/aromatic N) is 3. The SMILES string of the molecule is Cc1cc(=O)[nH]c(O)c1N=NC1=CC=CC2C(=O)N(C(c3ccccc3)c3ccccc3)C(=O)C12. The van der Waals surface area contributed by atoms with Gasteiger partial charge in [-0.2, -0.15) is 5.11 Å². The second kappa shape index (κ2) is 8.98. The summed E-state index contributed by atoms with van der Waals surface area (Å²) in [7, 11) is 0. The minimum atomic E-state index is -0.837. The van der Waals surface area contributed by atoms with E-state index in [-0.39, 0.29) is 17.5 Å². The van der Waals surface area contributed by atoms with E-state index >= 15 is 0 Å². The Kier molecular flexibility index (Phi) is 5.70. The van der Waals surface area contributed by atoms with Crippen molar-refractivity contribution in [1.29, 1.82) is 0 Å². The van der Waals surface area contributed by atoms with Gasteiger partial charge in [0.1, 0.15) is 5.69 Å². The first-order valence-electron chi connectivity index (χ1n) is 11.2. The number of aromatic amines is 1. The molecule has 1 aliphatic heterocycles. The van der Waals surface area contributed by atoms with E-state index in [0.717, 1.165) is 11.1 Å². The molecule has 2 atom stereocenters. The van der Waals surface area contributed by atoms with Gasteiger partial charge in [0.05, 0.1) is 23.6 Å². The molecule has 3 aromatic rings. The van der Waals surface area contributed by atoms with Gasteiger partial charge >= 0.3 is 0 Å². The standard InChI is InChI=1S/C27H22N4O4/c1-16-15-21(32)28-25(33)23(16)30-29-20-14-8-13-19-22(20)27(35)31(26(19)34)24(17-9-4-2-5-10-17)18-11-6-3-7-12-18/h2-15,19,22,24H,1H3,(H2,28,32,33). The van der Waals surface area contributed by atoms with Crippen molar-refractivity contribution in [2.75, 3.05) is 0 Å². The molecule has 1 aliphatic carbocycles. The minimum Gasteiger partial charge on any atom is -0.493 e. The molecule has 0 saturated carbocycles. The summed E-state index contributed by atoms with van der Waals surface area (Å²) < 4.78 is 0. The summed E-state index contributed by atoms with van der Waals surface area (Å²) in [6, 6.07) is 19.6. The van der Waals surface area contributed by atoms with Gasteiger partial charge in [-0.1, -0.05) is 72.8 Å². The number of nitrogens with one attached hydrogen (secondary N) is 1. The first-order chi connectivity index (χ1) is 17.0. The second-order valence-electron chi connectivity index (χ2n) is 8.46. The van der Waals surface area contributed by atoms with Crippen molar-refractivity contribution in [3.05, 3.63) is 118 Å². The Bertz CT molecular complexity index is 1380. The molecule has 2 amide bonds. The second-order valence-corrected chi connectivity index (χ2v) is 8.46. The fourth-order valence-corrected chi connectivity index (χ4v) is 4.61. The van der Waals surface area contributed by atoms with Crippen LogP contribution in [0.15, 0.2) is 106 Å². The van der Waals surface area contributed by atoms with Crippen molar-refractivity contribution < 1.29 is 14.7 Å². The molecule has 8 heteroatoms. The predicted octanol–water partition coefficient (Wildman–Crippen LogP) is 4.32. The van der Waals surface area contributed by atoms with E-state index in [4.69, 9.17) is 0 Å². The van der Waals surface area contributed by atoms with E-state index in [1.54, 1.807) is 25.2 Å². The quantitative estimate of drug-likeness (QED) is 0.430. The number of allylic oxidation sites excluding steroid dienone is 2. The van der Waals surface area contributed by atoms with Crippen LogP contribution in [0.25, 0.3) is 0 Å². The Morgan fingerprint density at radius 1 is 0.914 bits per heavy atom. The lowest BCUT2D eigenvalue weighted by atomic mass is 9.88. The maximum Gasteiger partial charge on any atom is 0.251 e. The highest BCUT2D eigenvalue weighted by molar-refractivity contribution is 6.08. The van der Waals surface area contributed by atoms with Crippen molar-refractivity contribution in [1.82, 2.24) is 9.88 Å². The number of hydrogen-bond donors (Lipinski definition) is 2. The molecule has 2 aromatic carbocycles. The molecule has 2 aliphatic rings. The highest BCUT2D eigenvalue weighted by atomic mass is 16.3. The molecule has 2 heterocycles. The average Bonchev–Trinajstić information content (AvgIpc) is 3.11. The van der Waals surface area contributed by atoms with Gasteiger partial charge in [-0.05, 0) is 29.7 Å². The number of rotatable bonds is 5. The molecule has 0 radical (unpaired) electrons. The summed E-state index contributed by atoms with van der Waals surface area (Å²) in [5.41, 5.74) is 2.02. The van der Waals surface area contributed by atoms with Gasteiger partial charge in [0, 0.05) is 6.07 Å². The van der Waals surface area contributed by atoms with Gasteiger partial charge in [0.25, 0.3) is 5.56 Å². The number of likely N-dealkylation sites (tertiary alicyclic amines) is 1. The number of aromatic nitrogens is 1. The van der Waals surface area contributed by atoms with Gasteiger partial charge in [0.15, 0.2) is 0 Å². The lowest BCUT2D eigenvalue weighted by molar-refractivity contribution is -0.141. The zero-order valence-electron chi connectivity index (χ0n) is 18.8. The third kappa shape index (κ3) is 3.99. The molecular weight excluding hydrogens is 444 g/mol. The molecule has 8 nitrogen and oxygen atoms in total. The summed E-state index contributed by atoms with van der Waals surface area (Å²) >= 11 is 0. The molecule has 0 bridgehead atoms. The predicted molar refractivity (Wildman–Crippen MR) is 129 cm³/mol. The first-order valence-corrected chi connectivity index (χ1v) is 11.2. The Morgan fingerprint density at radius 3 is 2.14 bits per heavy atom. The minimum absolute atomic E-state index is 0.0941. The Balaban J connectivity index is 1.53. The van der Waals surface area contributed by atoms with E-state index in [1.165, 1.54) is 11.0 Å². The van der Waals surface area contributed by atoms with Crippen LogP contribution in [0.4, 0.5) is 5.69 Å². The summed E-state index contributed by atoms with van der Waals surface area (Å²) in [4.78, 5) is 42.5. The molecule has 1 aromatic heterocycles. The number of carbonyl (C=O) groups excluding carboxylic acids is 2. The summed E-state index contributed by atoms with van der Waals surface area (Å²) in [6.07, 6.45) is 5.03. The van der Waals surface area contributed by atoms with Gasteiger partial charge < -0.3 is 5.11 Å². The third-order valence-electron chi connectivity index (χ3n) is 6.23. The highest BCUT2D eigenvalue weighted by Gasteiger charge is 2.52. The van der Waals surface area contributed by atoms with E-state index in [0.29, 0.717) is 11.3 Å². The monoisotopic (exact) mass is 466 g/mol. The number of carbonyl (C=O) groups is 2. The largest absolute Gasteiger partial charge is 0.493 e. The average molecular weight is 466 g/mol. The van der Waals surface area contributed by atoms with Crippen LogP contribution in [0, 0.1) is 18.8 Å². The molecule has 35 heavy (non-hydrogen) atoms. The van der Waals surface area contributed by atoms with E-state index in [9.17, 15) is 19.5 Å². The molecule has 0 spiro atoms. The van der Waals surface area contributed by atoms with Gasteiger partial charge in [-0.3, -0.25) is 24.3 Å². The number of imide groups is 1. The first kappa shape index (κ1) is 22.2. The van der Waals surface area contributed by atoms with Crippen LogP contribution in [0.2, 0.25) is 0 Å². The number of aromatic hydroxyl groups is 1. The molecule has 1 saturated heterocycles. The fraction of sp³-hybridized carbons (Fsp3) is 0.148. The summed E-state index contributed by atoms with van der Waals surface area (Å²) in [5.74, 6) is -2.63. The van der Waals surface area contributed by atoms with Crippen LogP contribution in [0.5, 0.6) is 5.88 Å². The summed E-state index contributed by atoms with van der Waals surface area (Å²) in [5, 5.41) is 18.4. The van der Waals surface area contributed by atoms with Crippen LogP contribution in [0.3, 0.4) is 0 Å². The van der Waals surface area contributed by atoms with E-state index in [1.807, 2.05) is 60.7 Å². The topological polar surface area (TPSA) is 115 Å². The Hall–Kier alpha value is -4.59. The molecule has 174 valence electrons. The zero-order valence-corrected chi connectivity index (χ0v) is 18.8. The number of benzene rings is 2. The third-order valence-corrected chi connectivity index (χ3v) is 6.23. The maximum atomic E-state index is 13.8. The normalized spacial score (nSPS) is 19.5. The number of fused-ring (bicyclic) bond motifs is 1. The van der Waals surface area contributed by atoms with E-state index < -0.39 is 29.3 Å². The van der Waals surface area contributed by atoms with Crippen molar-refractivity contribution in [3.63, 3.8) is 0 Å². The number of amides is 2. The zero-order chi connectivity index (χ0) is 24.5. The number of pyridine rings is 1. The fourth-order valence-electron chi connectivity index (χ4n) is 4.61. The molecule has 2 unspecified atom stereocenters. The molecule has 5 rings (SSSR count). The smallest absolute Gasteiger partial charge is 0.251 e. The lowest BCUT2D eigenvalue weighted by Gasteiger charge is -2.27. The number of aryl methyl sites for hydroxylation is 1. The van der Waals surface area contributed by atoms with Crippen molar-refractivity contribution in [2.45, 2.75) is 13.0 Å². The summed E-state index contributed by atoms with van der Waals surface area (Å²) in [6.45, 7) is 1.62. The van der Waals surface area contributed by atoms with Crippen LogP contribution in [0.1, 0.15) is 22.7 Å². The number of azo groups is 1. The Morgan fingerprint density at radius 2 is 1.54 bits per heavy atom. The van der Waals surface area contributed by atoms with Crippen LogP contribution < -0.4 is 5.56 Å². The van der Waals surface area contributed by atoms with Crippen molar-refractivity contribution in [3.8, 4) is 5.88 Å². The number of H-pyrrole nitrogens is 1. The Labute approximate surface area is 201 Å². The van der Waals surface area contributed by atoms with Gasteiger partial charge in [0.2, 0.25) is 17.7 Å². The molecule has 2 N–H and O–H groups in total. The van der Waals surface area contributed by atoms with Crippen LogP contribution in [-0.4, -0.2) is 26.8 Å². The van der Waals surface area contributed by atoms with Crippen molar-refractivity contribution >= 4 is 17.5 Å². The van der Waals surface area contributed by atoms with Gasteiger partial charge in [-0.25, -0.2) is 0 Å². The number of hydrogen-bond acceptors (Lipinski definition) is 6. The molecule has 1 fully saturated rings.